The first-order chi connectivity index (χ1) is 13.7. The molecule has 0 aromatic rings. The number of nitrogens with zero attached hydrogens (tertiary/aromatic N) is 2. The van der Waals surface area contributed by atoms with Crippen LogP contribution in [0.4, 0.5) is 4.79 Å². The molecule has 4 atom stereocenters. The van der Waals surface area contributed by atoms with Crippen LogP contribution in [-0.4, -0.2) is 79.8 Å². The highest BCUT2D eigenvalue weighted by atomic mass is 32.2. The lowest BCUT2D eigenvalue weighted by Gasteiger charge is -2.33. The van der Waals surface area contributed by atoms with Gasteiger partial charge in [-0.1, -0.05) is 26.1 Å². The molecule has 0 spiro atoms. The van der Waals surface area contributed by atoms with Gasteiger partial charge in [-0.3, -0.25) is 4.79 Å². The molecule has 0 unspecified atom stereocenters. The van der Waals surface area contributed by atoms with E-state index in [-0.39, 0.29) is 11.3 Å². The Kier molecular flexibility index (Phi) is 7.33. The van der Waals surface area contributed by atoms with Gasteiger partial charge in [0.25, 0.3) is 0 Å². The van der Waals surface area contributed by atoms with Crippen LogP contribution in [0.2, 0.25) is 0 Å². The standard InChI is InChI=1S/C20H33N3O5S2/c1-11(22(7)18(27)28-19(2,3)4)15(29)21-12-8-9-30-13-10-20(5,6)14(17(25)26)23(13)16(12)24/h11-14H,8-10H2,1-7H3,(H,21,29)(H,25,26)/t11-,12-,13-,14+/m0/s1. The van der Waals surface area contributed by atoms with Crippen LogP contribution in [0.1, 0.15) is 54.4 Å². The van der Waals surface area contributed by atoms with Gasteiger partial charge in [-0.05, 0) is 51.7 Å². The first kappa shape index (κ1) is 24.7. The largest absolute Gasteiger partial charge is 0.480 e. The van der Waals surface area contributed by atoms with Crippen LogP contribution in [0.5, 0.6) is 0 Å². The van der Waals surface area contributed by atoms with Gasteiger partial charge in [0.2, 0.25) is 5.91 Å². The van der Waals surface area contributed by atoms with E-state index in [0.717, 1.165) is 0 Å². The van der Waals surface area contributed by atoms with Crippen LogP contribution in [-0.2, 0) is 14.3 Å². The first-order valence-corrected chi connectivity index (χ1v) is 11.5. The Morgan fingerprint density at radius 3 is 2.53 bits per heavy atom. The summed E-state index contributed by atoms with van der Waals surface area (Å²) in [7, 11) is 1.59. The SMILES string of the molecule is C[C@@H](C(=S)N[C@H]1CCS[C@H]2CC(C)(C)[C@@H](C(=O)O)N2C1=O)N(C)C(=O)OC(C)(C)C. The Hall–Kier alpha value is -1.55. The first-order valence-electron chi connectivity index (χ1n) is 10.1. The Bertz CT molecular complexity index is 722. The van der Waals surface area contributed by atoms with E-state index in [1.807, 2.05) is 13.8 Å². The fraction of sp³-hybridized carbons (Fsp3) is 0.800. The molecule has 2 heterocycles. The number of ether oxygens (including phenoxy) is 1. The van der Waals surface area contributed by atoms with E-state index >= 15 is 0 Å². The predicted octanol–water partition coefficient (Wildman–Crippen LogP) is 2.70. The summed E-state index contributed by atoms with van der Waals surface area (Å²) in [5, 5.41) is 12.7. The summed E-state index contributed by atoms with van der Waals surface area (Å²) in [5.41, 5.74) is -1.14. The van der Waals surface area contributed by atoms with E-state index in [0.29, 0.717) is 23.6 Å². The molecular weight excluding hydrogens is 426 g/mol. The summed E-state index contributed by atoms with van der Waals surface area (Å²) >= 11 is 7.10. The molecule has 10 heteroatoms. The molecule has 0 aliphatic carbocycles. The smallest absolute Gasteiger partial charge is 0.410 e. The van der Waals surface area contributed by atoms with Gasteiger partial charge in [0.15, 0.2) is 0 Å². The molecule has 0 aromatic heterocycles. The third-order valence-electron chi connectivity index (χ3n) is 5.49. The third-order valence-corrected chi connectivity index (χ3v) is 7.20. The lowest BCUT2D eigenvalue weighted by Crippen LogP contribution is -2.56. The minimum atomic E-state index is -0.988. The molecule has 30 heavy (non-hydrogen) atoms. The van der Waals surface area contributed by atoms with E-state index in [1.54, 1.807) is 46.5 Å². The average molecular weight is 460 g/mol. The minimum absolute atomic E-state index is 0.157. The molecule has 170 valence electrons. The fourth-order valence-electron chi connectivity index (χ4n) is 3.78. The number of carbonyl (C=O) groups is 3. The van der Waals surface area contributed by atoms with Crippen molar-refractivity contribution >= 4 is 46.9 Å². The van der Waals surface area contributed by atoms with Crippen molar-refractivity contribution in [2.75, 3.05) is 12.8 Å². The lowest BCUT2D eigenvalue weighted by molar-refractivity contribution is -0.152. The van der Waals surface area contributed by atoms with Gasteiger partial charge >= 0.3 is 12.1 Å². The summed E-state index contributed by atoms with van der Waals surface area (Å²) in [6.07, 6.45) is 0.663. The number of hydrogen-bond acceptors (Lipinski definition) is 6. The number of thiocarbonyl (C=S) groups is 1. The van der Waals surface area contributed by atoms with Crippen LogP contribution in [0.3, 0.4) is 0 Å². The number of hydrogen-bond donors (Lipinski definition) is 2. The van der Waals surface area contributed by atoms with E-state index in [4.69, 9.17) is 17.0 Å². The third kappa shape index (κ3) is 5.38. The number of fused-ring (bicyclic) bond motifs is 1. The van der Waals surface area contributed by atoms with Gasteiger partial charge in [-0.25, -0.2) is 9.59 Å². The van der Waals surface area contributed by atoms with Gasteiger partial charge in [0.1, 0.15) is 17.7 Å². The van der Waals surface area contributed by atoms with Crippen molar-refractivity contribution in [1.82, 2.24) is 15.1 Å². The highest BCUT2D eigenvalue weighted by molar-refractivity contribution is 7.99. The van der Waals surface area contributed by atoms with Gasteiger partial charge in [0.05, 0.1) is 16.4 Å². The number of rotatable bonds is 4. The number of carboxylic acids is 1. The topological polar surface area (TPSA) is 99.2 Å². The molecular formula is C20H33N3O5S2. The van der Waals surface area contributed by atoms with Gasteiger partial charge in [0, 0.05) is 7.05 Å². The zero-order valence-corrected chi connectivity index (χ0v) is 20.4. The van der Waals surface area contributed by atoms with Crippen LogP contribution in [0.15, 0.2) is 0 Å². The molecule has 0 aromatic carbocycles. The number of thioether (sulfide) groups is 1. The monoisotopic (exact) mass is 459 g/mol. The highest BCUT2D eigenvalue weighted by Gasteiger charge is 2.54. The molecule has 2 amide bonds. The number of amides is 2. The predicted molar refractivity (Wildman–Crippen MR) is 121 cm³/mol. The quantitative estimate of drug-likeness (QED) is 0.619. The Morgan fingerprint density at radius 1 is 1.40 bits per heavy atom. The molecule has 2 N–H and O–H groups in total. The van der Waals surface area contributed by atoms with Crippen LogP contribution < -0.4 is 5.32 Å². The summed E-state index contributed by atoms with van der Waals surface area (Å²) in [4.78, 5) is 40.8. The number of carbonyl (C=O) groups excluding carboxylic acids is 2. The second kappa shape index (κ2) is 8.90. The number of carboxylic acid groups (broad SMARTS) is 1. The second-order valence-corrected chi connectivity index (χ2v) is 11.3. The number of aliphatic carboxylic acids is 1. The number of nitrogens with one attached hydrogen (secondary N) is 1. The van der Waals surface area contributed by atoms with Crippen molar-refractivity contribution in [3.8, 4) is 0 Å². The van der Waals surface area contributed by atoms with Crippen molar-refractivity contribution in [3.05, 3.63) is 0 Å². The maximum Gasteiger partial charge on any atom is 0.410 e. The zero-order chi connectivity index (χ0) is 23.0. The van der Waals surface area contributed by atoms with Crippen LogP contribution in [0.25, 0.3) is 0 Å². The van der Waals surface area contributed by atoms with E-state index in [2.05, 4.69) is 5.32 Å². The molecule has 0 bridgehead atoms. The van der Waals surface area contributed by atoms with Gasteiger partial charge in [-0.15, -0.1) is 11.8 Å². The highest BCUT2D eigenvalue weighted by Crippen LogP contribution is 2.46. The maximum atomic E-state index is 13.3. The van der Waals surface area contributed by atoms with Gasteiger partial charge in [-0.2, -0.15) is 0 Å². The summed E-state index contributed by atoms with van der Waals surface area (Å²) in [6, 6.07) is -1.99. The van der Waals surface area contributed by atoms with E-state index < -0.39 is 41.2 Å². The Balaban J connectivity index is 2.12. The molecule has 2 saturated heterocycles. The molecule has 8 nitrogen and oxygen atoms in total. The Morgan fingerprint density at radius 2 is 2.00 bits per heavy atom. The van der Waals surface area contributed by atoms with Gasteiger partial charge < -0.3 is 25.0 Å². The zero-order valence-electron chi connectivity index (χ0n) is 18.7. The van der Waals surface area contributed by atoms with E-state index in [9.17, 15) is 19.5 Å². The van der Waals surface area contributed by atoms with Crippen molar-refractivity contribution in [1.29, 1.82) is 0 Å². The molecule has 0 radical (unpaired) electrons. The molecule has 2 aliphatic rings. The second-order valence-electron chi connectivity index (χ2n) is 9.62. The van der Waals surface area contributed by atoms with Crippen molar-refractivity contribution in [3.63, 3.8) is 0 Å². The molecule has 2 rings (SSSR count). The normalized spacial score (nSPS) is 27.0. The minimum Gasteiger partial charge on any atom is -0.480 e. The van der Waals surface area contributed by atoms with Crippen molar-refractivity contribution in [2.24, 2.45) is 5.41 Å². The Labute approximate surface area is 188 Å². The molecule has 2 aliphatic heterocycles. The van der Waals surface area contributed by atoms with Crippen LogP contribution >= 0.6 is 24.0 Å². The van der Waals surface area contributed by atoms with Crippen LogP contribution in [0, 0.1) is 5.41 Å². The lowest BCUT2D eigenvalue weighted by atomic mass is 9.84. The fourth-order valence-corrected chi connectivity index (χ4v) is 5.66. The maximum absolute atomic E-state index is 13.3. The van der Waals surface area contributed by atoms with E-state index in [1.165, 1.54) is 9.80 Å². The summed E-state index contributed by atoms with van der Waals surface area (Å²) < 4.78 is 5.38. The summed E-state index contributed by atoms with van der Waals surface area (Å²) in [6.45, 7) is 10.9. The molecule has 0 saturated carbocycles. The molecule has 2 fully saturated rings. The summed E-state index contributed by atoms with van der Waals surface area (Å²) in [5.74, 6) is -0.526. The van der Waals surface area contributed by atoms with Crippen molar-refractivity contribution < 1.29 is 24.2 Å². The number of likely N-dealkylation sites (N-methyl/N-ethyl adjacent to an activating group) is 1. The van der Waals surface area contributed by atoms with Crippen molar-refractivity contribution in [2.45, 2.75) is 83.5 Å². The average Bonchev–Trinajstić information content (AvgIpc) is 2.79.